The lowest BCUT2D eigenvalue weighted by atomic mass is 10.1. The van der Waals surface area contributed by atoms with Crippen LogP contribution in [0.4, 0.5) is 5.13 Å². The average molecular weight is 486 g/mol. The number of hydrogen-bond acceptors (Lipinski definition) is 5. The maximum absolute atomic E-state index is 12.5. The van der Waals surface area contributed by atoms with Crippen molar-refractivity contribution in [3.8, 4) is 11.3 Å². The smallest absolute Gasteiger partial charge is 0.293 e. The normalized spacial score (nSPS) is 10.9. The number of rotatable bonds is 3. The van der Waals surface area contributed by atoms with E-state index in [0.29, 0.717) is 10.9 Å². The number of nitrogens with one attached hydrogen (secondary N) is 2. The quantitative estimate of drug-likeness (QED) is 0.345. The topological polar surface area (TPSA) is 67.2 Å². The second-order valence-electron chi connectivity index (χ2n) is 6.48. The number of fused-ring (bicyclic) bond motifs is 1. The van der Waals surface area contributed by atoms with Crippen molar-refractivity contribution in [1.29, 1.82) is 0 Å². The molecule has 0 saturated heterocycles. The monoisotopic (exact) mass is 485 g/mol. The van der Waals surface area contributed by atoms with Crippen LogP contribution in [0.2, 0.25) is 0 Å². The number of nitrogens with zero attached hydrogens (tertiary/aromatic N) is 1. The number of thiazole rings is 1. The van der Waals surface area contributed by atoms with Gasteiger partial charge in [-0.3, -0.25) is 10.1 Å². The summed E-state index contributed by atoms with van der Waals surface area (Å²) in [5.41, 5.74) is 4.08. The molecular weight excluding hydrogens is 470 g/mol. The molecule has 4 rings (SSSR count). The molecule has 0 aliphatic heterocycles. The van der Waals surface area contributed by atoms with E-state index >= 15 is 0 Å². The van der Waals surface area contributed by atoms with Crippen LogP contribution in [0, 0.1) is 13.8 Å². The van der Waals surface area contributed by atoms with Gasteiger partial charge in [-0.15, -0.1) is 0 Å². The molecule has 0 unspecified atom stereocenters. The number of halogens is 1. The van der Waals surface area contributed by atoms with Gasteiger partial charge >= 0.3 is 0 Å². The second kappa shape index (κ2) is 8.06. The molecule has 0 fully saturated rings. The van der Waals surface area contributed by atoms with E-state index in [4.69, 9.17) is 16.6 Å². The number of amides is 1. The van der Waals surface area contributed by atoms with Crippen LogP contribution < -0.4 is 10.6 Å². The summed E-state index contributed by atoms with van der Waals surface area (Å²) < 4.78 is 7.75. The number of aromatic nitrogens is 1. The molecule has 0 aliphatic rings. The van der Waals surface area contributed by atoms with Crippen molar-refractivity contribution >= 4 is 65.9 Å². The molecule has 1 amide bonds. The van der Waals surface area contributed by atoms with Crippen molar-refractivity contribution < 1.29 is 9.21 Å². The van der Waals surface area contributed by atoms with Gasteiger partial charge in [0.15, 0.2) is 16.0 Å². The number of carbonyl (C=O) groups is 1. The summed E-state index contributed by atoms with van der Waals surface area (Å²) in [6, 6.07) is 15.1. The minimum Gasteiger partial charge on any atom is -0.451 e. The third-order valence-corrected chi connectivity index (χ3v) is 6.19. The Morgan fingerprint density at radius 3 is 2.52 bits per heavy atom. The Morgan fingerprint density at radius 1 is 1.07 bits per heavy atom. The molecule has 0 radical (unpaired) electrons. The molecule has 2 heterocycles. The highest BCUT2D eigenvalue weighted by atomic mass is 79.9. The van der Waals surface area contributed by atoms with Gasteiger partial charge in [0.25, 0.3) is 5.91 Å². The van der Waals surface area contributed by atoms with Gasteiger partial charge in [-0.2, -0.15) is 0 Å². The van der Waals surface area contributed by atoms with Crippen molar-refractivity contribution in [1.82, 2.24) is 10.3 Å². The highest BCUT2D eigenvalue weighted by molar-refractivity contribution is 9.10. The zero-order chi connectivity index (χ0) is 20.5. The van der Waals surface area contributed by atoms with Crippen LogP contribution in [-0.2, 0) is 0 Å². The fourth-order valence-electron chi connectivity index (χ4n) is 2.84. The fourth-order valence-corrected chi connectivity index (χ4v) is 4.37. The number of hydrogen-bond donors (Lipinski definition) is 2. The molecule has 2 aromatic carbocycles. The Labute approximate surface area is 185 Å². The summed E-state index contributed by atoms with van der Waals surface area (Å²) in [6.45, 7) is 4.06. The summed E-state index contributed by atoms with van der Waals surface area (Å²) >= 11 is 10.2. The van der Waals surface area contributed by atoms with E-state index in [1.54, 1.807) is 12.1 Å². The summed E-state index contributed by atoms with van der Waals surface area (Å²) in [4.78, 5) is 17.1. The van der Waals surface area contributed by atoms with E-state index in [9.17, 15) is 4.79 Å². The van der Waals surface area contributed by atoms with Crippen molar-refractivity contribution in [3.63, 3.8) is 0 Å². The van der Waals surface area contributed by atoms with Gasteiger partial charge in [-0.25, -0.2) is 4.98 Å². The third-order valence-electron chi connectivity index (χ3n) is 4.35. The number of thiocarbonyl (C=S) groups is 1. The minimum atomic E-state index is -0.417. The molecule has 4 aromatic rings. The first-order valence-electron chi connectivity index (χ1n) is 8.75. The van der Waals surface area contributed by atoms with E-state index in [1.807, 2.05) is 44.2 Å². The zero-order valence-electron chi connectivity index (χ0n) is 15.6. The van der Waals surface area contributed by atoms with E-state index in [1.165, 1.54) is 11.3 Å². The molecule has 29 heavy (non-hydrogen) atoms. The molecule has 0 bridgehead atoms. The van der Waals surface area contributed by atoms with Crippen molar-refractivity contribution in [2.24, 2.45) is 0 Å². The fraction of sp³-hybridized carbons (Fsp3) is 0.0952. The molecule has 146 valence electrons. The van der Waals surface area contributed by atoms with Crippen molar-refractivity contribution in [2.45, 2.75) is 13.8 Å². The van der Waals surface area contributed by atoms with Crippen LogP contribution in [0.25, 0.3) is 21.5 Å². The predicted octanol–water partition coefficient (Wildman–Crippen LogP) is 6.06. The Balaban J connectivity index is 1.45. The zero-order valence-corrected chi connectivity index (χ0v) is 18.8. The van der Waals surface area contributed by atoms with Gasteiger partial charge in [0, 0.05) is 10.0 Å². The Hall–Kier alpha value is -2.55. The van der Waals surface area contributed by atoms with E-state index in [0.717, 1.165) is 31.4 Å². The standard InChI is InChI=1S/C21H16BrN3O2S2/c1-11-3-4-12(2)18-17(11)23-21(29-18)25-20(28)24-19(26)16-10-9-15(27-16)13-5-7-14(22)8-6-13/h3-10H,1-2H3,(H2,23,24,25,26,28). The molecule has 8 heteroatoms. The predicted molar refractivity (Wildman–Crippen MR) is 125 cm³/mol. The van der Waals surface area contributed by atoms with Gasteiger partial charge in [0.05, 0.1) is 10.2 Å². The van der Waals surface area contributed by atoms with Crippen LogP contribution in [0.5, 0.6) is 0 Å². The lowest BCUT2D eigenvalue weighted by molar-refractivity contribution is 0.0951. The molecular formula is C21H16BrN3O2S2. The molecule has 2 aromatic heterocycles. The third kappa shape index (κ3) is 4.24. The molecule has 0 atom stereocenters. The summed E-state index contributed by atoms with van der Waals surface area (Å²) in [5.74, 6) is 0.376. The minimum absolute atomic E-state index is 0.172. The van der Waals surface area contributed by atoms with Crippen LogP contribution >= 0.6 is 39.5 Å². The first-order chi connectivity index (χ1) is 13.9. The first kappa shape index (κ1) is 19.8. The lowest BCUT2D eigenvalue weighted by Gasteiger charge is -2.05. The maximum atomic E-state index is 12.5. The summed E-state index contributed by atoms with van der Waals surface area (Å²) in [5, 5.41) is 6.44. The number of furan rings is 1. The van der Waals surface area contributed by atoms with Crippen LogP contribution in [0.1, 0.15) is 21.7 Å². The molecule has 2 N–H and O–H groups in total. The van der Waals surface area contributed by atoms with Crippen molar-refractivity contribution in [2.75, 3.05) is 5.32 Å². The van der Waals surface area contributed by atoms with Gasteiger partial charge in [0.2, 0.25) is 0 Å². The SMILES string of the molecule is Cc1ccc(C)c2sc(NC(=S)NC(=O)c3ccc(-c4ccc(Br)cc4)o3)nc12. The Kier molecular flexibility index (Phi) is 5.49. The average Bonchev–Trinajstić information content (AvgIpc) is 3.33. The number of benzene rings is 2. The molecule has 0 spiro atoms. The maximum Gasteiger partial charge on any atom is 0.293 e. The number of carbonyl (C=O) groups excluding carboxylic acids is 1. The van der Waals surface area contributed by atoms with Crippen LogP contribution in [0.3, 0.4) is 0 Å². The van der Waals surface area contributed by atoms with Gasteiger partial charge in [-0.1, -0.05) is 51.5 Å². The number of aryl methyl sites for hydroxylation is 2. The van der Waals surface area contributed by atoms with Crippen molar-refractivity contribution in [3.05, 3.63) is 69.9 Å². The first-order valence-corrected chi connectivity index (χ1v) is 10.8. The Morgan fingerprint density at radius 2 is 1.79 bits per heavy atom. The highest BCUT2D eigenvalue weighted by Gasteiger charge is 2.15. The van der Waals surface area contributed by atoms with Gasteiger partial charge in [0.1, 0.15) is 5.76 Å². The highest BCUT2D eigenvalue weighted by Crippen LogP contribution is 2.31. The molecule has 5 nitrogen and oxygen atoms in total. The number of anilines is 1. The summed E-state index contributed by atoms with van der Waals surface area (Å²) in [6.07, 6.45) is 0. The van der Waals surface area contributed by atoms with Gasteiger partial charge in [-0.05, 0) is 61.5 Å². The summed E-state index contributed by atoms with van der Waals surface area (Å²) in [7, 11) is 0. The Bertz CT molecular complexity index is 1190. The molecule has 0 saturated carbocycles. The van der Waals surface area contributed by atoms with Crippen LogP contribution in [0.15, 0.2) is 57.4 Å². The van der Waals surface area contributed by atoms with Crippen LogP contribution in [-0.4, -0.2) is 16.0 Å². The van der Waals surface area contributed by atoms with E-state index in [2.05, 4.69) is 37.6 Å². The van der Waals surface area contributed by atoms with E-state index in [-0.39, 0.29) is 10.9 Å². The van der Waals surface area contributed by atoms with E-state index < -0.39 is 5.91 Å². The second-order valence-corrected chi connectivity index (χ2v) is 8.80. The largest absolute Gasteiger partial charge is 0.451 e. The lowest BCUT2D eigenvalue weighted by Crippen LogP contribution is -2.33. The van der Waals surface area contributed by atoms with Gasteiger partial charge < -0.3 is 9.73 Å². The molecule has 0 aliphatic carbocycles.